The number of halogens is 1. The van der Waals surface area contributed by atoms with Gasteiger partial charge in [-0.05, 0) is 18.4 Å². The van der Waals surface area contributed by atoms with E-state index in [0.717, 1.165) is 11.3 Å². The monoisotopic (exact) mass is 371 g/mol. The predicted octanol–water partition coefficient (Wildman–Crippen LogP) is 3.76. The normalized spacial score (nSPS) is 10.5. The fraction of sp³-hybridized carbons (Fsp3) is 0.0588. The van der Waals surface area contributed by atoms with Crippen LogP contribution in [-0.4, -0.2) is 27.1 Å². The van der Waals surface area contributed by atoms with Gasteiger partial charge in [0.25, 0.3) is 5.91 Å². The molecule has 3 N–H and O–H groups in total. The minimum absolute atomic E-state index is 0.0169. The van der Waals surface area contributed by atoms with Gasteiger partial charge in [0.2, 0.25) is 0 Å². The molecule has 2 heterocycles. The second-order valence-corrected chi connectivity index (χ2v) is 6.14. The Balaban J connectivity index is 1.92. The molecule has 0 radical (unpaired) electrons. The van der Waals surface area contributed by atoms with Crippen LogP contribution in [0.25, 0.3) is 11.3 Å². The van der Waals surface area contributed by atoms with Gasteiger partial charge in [-0.1, -0.05) is 53.7 Å². The lowest BCUT2D eigenvalue weighted by atomic mass is 10.1. The van der Waals surface area contributed by atoms with Crippen LogP contribution in [0.1, 0.15) is 10.4 Å². The Hall–Kier alpha value is -2.64. The van der Waals surface area contributed by atoms with E-state index >= 15 is 0 Å². The molecule has 0 unspecified atom stereocenters. The highest BCUT2D eigenvalue weighted by atomic mass is 35.5. The number of hydrogen-bond acceptors (Lipinski definition) is 6. The molecule has 6 nitrogen and oxygen atoms in total. The molecular weight excluding hydrogens is 358 g/mol. The first-order chi connectivity index (χ1) is 12.1. The summed E-state index contributed by atoms with van der Waals surface area (Å²) in [5.41, 5.74) is 7.95. The Kier molecular flexibility index (Phi) is 5.16. The number of nitrogens with zero attached hydrogens (tertiary/aromatic N) is 3. The van der Waals surface area contributed by atoms with Gasteiger partial charge in [0.05, 0.1) is 17.6 Å². The van der Waals surface area contributed by atoms with E-state index in [1.807, 2.05) is 48.7 Å². The number of aromatic nitrogens is 3. The van der Waals surface area contributed by atoms with Crippen molar-refractivity contribution in [1.29, 1.82) is 0 Å². The highest BCUT2D eigenvalue weighted by Crippen LogP contribution is 2.27. The van der Waals surface area contributed by atoms with Crippen molar-refractivity contribution in [3.8, 4) is 11.3 Å². The number of carbonyl (C=O) groups is 1. The van der Waals surface area contributed by atoms with Gasteiger partial charge in [0, 0.05) is 5.56 Å². The van der Waals surface area contributed by atoms with E-state index in [9.17, 15) is 4.79 Å². The van der Waals surface area contributed by atoms with Gasteiger partial charge in [-0.3, -0.25) is 9.78 Å². The smallest absolute Gasteiger partial charge is 0.255 e. The minimum Gasteiger partial charge on any atom is -0.365 e. The number of amides is 1. The van der Waals surface area contributed by atoms with Crippen LogP contribution in [0.2, 0.25) is 5.15 Å². The van der Waals surface area contributed by atoms with E-state index in [2.05, 4.69) is 20.3 Å². The van der Waals surface area contributed by atoms with Gasteiger partial charge in [-0.15, -0.1) is 0 Å². The van der Waals surface area contributed by atoms with Crippen LogP contribution in [0.3, 0.4) is 0 Å². The molecule has 8 heteroatoms. The number of nitrogens with two attached hydrogens (primary N) is 1. The molecule has 1 amide bonds. The lowest BCUT2D eigenvalue weighted by molar-refractivity contribution is 0.100. The molecule has 0 spiro atoms. The zero-order chi connectivity index (χ0) is 17.8. The molecule has 0 atom stereocenters. The molecule has 3 rings (SSSR count). The zero-order valence-corrected chi connectivity index (χ0v) is 14.8. The van der Waals surface area contributed by atoms with Crippen molar-refractivity contribution in [3.63, 3.8) is 0 Å². The number of pyridine rings is 1. The maximum absolute atomic E-state index is 11.7. The third-order valence-electron chi connectivity index (χ3n) is 3.37. The van der Waals surface area contributed by atoms with Gasteiger partial charge in [0.1, 0.15) is 16.5 Å². The summed E-state index contributed by atoms with van der Waals surface area (Å²) in [6, 6.07) is 13.5. The van der Waals surface area contributed by atoms with E-state index in [4.69, 9.17) is 17.3 Å². The van der Waals surface area contributed by atoms with Crippen molar-refractivity contribution >= 4 is 40.8 Å². The number of hydrogen-bond donors (Lipinski definition) is 2. The van der Waals surface area contributed by atoms with E-state index < -0.39 is 5.91 Å². The average molecular weight is 372 g/mol. The molecule has 0 saturated carbocycles. The van der Waals surface area contributed by atoms with Gasteiger partial charge in [-0.2, -0.15) is 0 Å². The Labute approximate surface area is 153 Å². The molecule has 126 valence electrons. The quantitative estimate of drug-likeness (QED) is 0.403. The van der Waals surface area contributed by atoms with Gasteiger partial charge < -0.3 is 11.1 Å². The Morgan fingerprint density at radius 1 is 1.16 bits per heavy atom. The lowest BCUT2D eigenvalue weighted by Gasteiger charge is -2.11. The van der Waals surface area contributed by atoms with Crippen molar-refractivity contribution in [2.45, 2.75) is 5.16 Å². The Morgan fingerprint density at radius 3 is 2.52 bits per heavy atom. The highest BCUT2D eigenvalue weighted by Gasteiger charge is 2.18. The van der Waals surface area contributed by atoms with Crippen LogP contribution in [-0.2, 0) is 0 Å². The SMILES string of the molecule is CSc1nc(Cl)c(C(N)=O)c(Nc2ccc(-c3ccccc3)nc2)n1. The number of carbonyl (C=O) groups excluding carboxylic acids is 1. The molecule has 3 aromatic rings. The van der Waals surface area contributed by atoms with Crippen LogP contribution in [0.15, 0.2) is 53.8 Å². The number of benzene rings is 1. The standard InChI is InChI=1S/C17H14ClN5OS/c1-25-17-22-14(18)13(15(19)24)16(23-17)21-11-7-8-12(20-9-11)10-5-3-2-4-6-10/h2-9H,1H3,(H2,19,24)(H,21,22,23). The number of rotatable bonds is 5. The Bertz CT molecular complexity index is 903. The van der Waals surface area contributed by atoms with E-state index in [1.165, 1.54) is 11.8 Å². The molecule has 2 aromatic heterocycles. The fourth-order valence-electron chi connectivity index (χ4n) is 2.20. The summed E-state index contributed by atoms with van der Waals surface area (Å²) < 4.78 is 0. The van der Waals surface area contributed by atoms with Crippen LogP contribution in [0, 0.1) is 0 Å². The molecule has 25 heavy (non-hydrogen) atoms. The molecule has 1 aromatic carbocycles. The maximum atomic E-state index is 11.7. The van der Waals surface area contributed by atoms with Crippen molar-refractivity contribution < 1.29 is 4.79 Å². The van der Waals surface area contributed by atoms with Crippen molar-refractivity contribution in [1.82, 2.24) is 15.0 Å². The topological polar surface area (TPSA) is 93.8 Å². The summed E-state index contributed by atoms with van der Waals surface area (Å²) in [4.78, 5) is 24.4. The van der Waals surface area contributed by atoms with Crippen molar-refractivity contribution in [3.05, 3.63) is 59.4 Å². The van der Waals surface area contributed by atoms with Crippen LogP contribution >= 0.6 is 23.4 Å². The Morgan fingerprint density at radius 2 is 1.92 bits per heavy atom. The largest absolute Gasteiger partial charge is 0.365 e. The first kappa shape index (κ1) is 17.2. The first-order valence-electron chi connectivity index (χ1n) is 7.28. The van der Waals surface area contributed by atoms with E-state index in [0.29, 0.717) is 10.8 Å². The predicted molar refractivity (Wildman–Crippen MR) is 100 cm³/mol. The van der Waals surface area contributed by atoms with Gasteiger partial charge in [0.15, 0.2) is 5.16 Å². The third-order valence-corrected chi connectivity index (χ3v) is 4.19. The highest BCUT2D eigenvalue weighted by molar-refractivity contribution is 7.98. The van der Waals surface area contributed by atoms with Crippen molar-refractivity contribution in [2.75, 3.05) is 11.6 Å². The third kappa shape index (κ3) is 3.89. The number of primary amides is 1. The molecule has 0 fully saturated rings. The summed E-state index contributed by atoms with van der Waals surface area (Å²) in [7, 11) is 0. The van der Waals surface area contributed by atoms with E-state index in [1.54, 1.807) is 6.20 Å². The second-order valence-electron chi connectivity index (χ2n) is 5.01. The van der Waals surface area contributed by atoms with Crippen LogP contribution in [0.4, 0.5) is 11.5 Å². The molecular formula is C17H14ClN5OS. The molecule has 0 saturated heterocycles. The fourth-order valence-corrected chi connectivity index (χ4v) is 2.88. The number of thioether (sulfide) groups is 1. The maximum Gasteiger partial charge on any atom is 0.255 e. The minimum atomic E-state index is -0.700. The van der Waals surface area contributed by atoms with E-state index in [-0.39, 0.29) is 16.5 Å². The summed E-state index contributed by atoms with van der Waals surface area (Å²) in [5.74, 6) is -0.444. The summed E-state index contributed by atoms with van der Waals surface area (Å²) in [6.45, 7) is 0. The summed E-state index contributed by atoms with van der Waals surface area (Å²) in [5, 5.41) is 3.49. The summed E-state index contributed by atoms with van der Waals surface area (Å²) >= 11 is 7.37. The molecule has 0 bridgehead atoms. The second kappa shape index (κ2) is 7.50. The lowest BCUT2D eigenvalue weighted by Crippen LogP contribution is -2.16. The van der Waals surface area contributed by atoms with Gasteiger partial charge >= 0.3 is 0 Å². The molecule has 0 aliphatic rings. The molecule has 0 aliphatic heterocycles. The van der Waals surface area contributed by atoms with Crippen LogP contribution < -0.4 is 11.1 Å². The van der Waals surface area contributed by atoms with Gasteiger partial charge in [-0.25, -0.2) is 9.97 Å². The van der Waals surface area contributed by atoms with Crippen LogP contribution in [0.5, 0.6) is 0 Å². The number of nitrogens with one attached hydrogen (secondary N) is 1. The average Bonchev–Trinajstić information content (AvgIpc) is 2.62. The molecule has 0 aliphatic carbocycles. The number of anilines is 2. The zero-order valence-electron chi connectivity index (χ0n) is 13.2. The van der Waals surface area contributed by atoms with Crippen molar-refractivity contribution in [2.24, 2.45) is 5.73 Å². The first-order valence-corrected chi connectivity index (χ1v) is 8.88. The summed E-state index contributed by atoms with van der Waals surface area (Å²) in [6.07, 6.45) is 3.47.